The van der Waals surface area contributed by atoms with E-state index >= 15 is 0 Å². The van der Waals surface area contributed by atoms with Crippen molar-refractivity contribution in [3.05, 3.63) is 27.4 Å². The van der Waals surface area contributed by atoms with Crippen molar-refractivity contribution < 1.29 is 0 Å². The minimum absolute atomic E-state index is 0.250. The smallest absolute Gasteiger partial charge is 0.330 e. The molecule has 1 rings (SSSR count). The molecule has 4 heteroatoms. The Morgan fingerprint density at radius 2 is 2.21 bits per heavy atom. The van der Waals surface area contributed by atoms with Gasteiger partial charge >= 0.3 is 5.69 Å². The summed E-state index contributed by atoms with van der Waals surface area (Å²) < 4.78 is 0. The SMILES string of the molecule is CCc1nc(=O)[nH]c(CCCN)c1C. The number of aromatic amines is 1. The Morgan fingerprint density at radius 1 is 1.50 bits per heavy atom. The van der Waals surface area contributed by atoms with Crippen LogP contribution in [0.5, 0.6) is 0 Å². The molecule has 0 unspecified atom stereocenters. The van der Waals surface area contributed by atoms with Crippen molar-refractivity contribution in [3.8, 4) is 0 Å². The highest BCUT2D eigenvalue weighted by Gasteiger charge is 2.05. The number of nitrogens with two attached hydrogens (primary N) is 1. The van der Waals surface area contributed by atoms with Crippen LogP contribution >= 0.6 is 0 Å². The molecule has 3 N–H and O–H groups in total. The molecule has 4 nitrogen and oxygen atoms in total. The predicted molar refractivity (Wildman–Crippen MR) is 56.3 cm³/mol. The number of nitrogens with one attached hydrogen (secondary N) is 1. The Morgan fingerprint density at radius 3 is 2.79 bits per heavy atom. The Labute approximate surface area is 83.6 Å². The number of hydrogen-bond donors (Lipinski definition) is 2. The van der Waals surface area contributed by atoms with Crippen LogP contribution in [-0.2, 0) is 12.8 Å². The highest BCUT2D eigenvalue weighted by molar-refractivity contribution is 5.22. The van der Waals surface area contributed by atoms with Gasteiger partial charge < -0.3 is 10.7 Å². The third-order valence-electron chi connectivity index (χ3n) is 2.35. The first-order valence-corrected chi connectivity index (χ1v) is 4.97. The number of nitrogens with zero attached hydrogens (tertiary/aromatic N) is 1. The van der Waals surface area contributed by atoms with E-state index in [1.54, 1.807) is 0 Å². The molecule has 0 amide bonds. The maximum Gasteiger partial charge on any atom is 0.345 e. The van der Waals surface area contributed by atoms with Crippen LogP contribution in [-0.4, -0.2) is 16.5 Å². The molecule has 0 aliphatic heterocycles. The highest BCUT2D eigenvalue weighted by Crippen LogP contribution is 2.08. The molecule has 78 valence electrons. The van der Waals surface area contributed by atoms with E-state index in [0.717, 1.165) is 36.2 Å². The van der Waals surface area contributed by atoms with Crippen LogP contribution in [0.2, 0.25) is 0 Å². The summed E-state index contributed by atoms with van der Waals surface area (Å²) in [5, 5.41) is 0. The van der Waals surface area contributed by atoms with Gasteiger partial charge in [-0.2, -0.15) is 4.98 Å². The number of aryl methyl sites for hydroxylation is 2. The van der Waals surface area contributed by atoms with Gasteiger partial charge in [0.25, 0.3) is 0 Å². The highest BCUT2D eigenvalue weighted by atomic mass is 16.1. The maximum absolute atomic E-state index is 11.2. The van der Waals surface area contributed by atoms with Crippen molar-refractivity contribution in [2.75, 3.05) is 6.54 Å². The first-order chi connectivity index (χ1) is 6.69. The summed E-state index contributed by atoms with van der Waals surface area (Å²) in [5.41, 5.74) is 8.14. The third kappa shape index (κ3) is 2.42. The number of H-pyrrole nitrogens is 1. The zero-order valence-electron chi connectivity index (χ0n) is 8.76. The molecule has 1 heterocycles. The van der Waals surface area contributed by atoms with Gasteiger partial charge in [-0.25, -0.2) is 4.79 Å². The summed E-state index contributed by atoms with van der Waals surface area (Å²) in [5.74, 6) is 0. The molecule has 1 aromatic heterocycles. The van der Waals surface area contributed by atoms with E-state index in [0.29, 0.717) is 6.54 Å². The van der Waals surface area contributed by atoms with Gasteiger partial charge in [0, 0.05) is 5.69 Å². The summed E-state index contributed by atoms with van der Waals surface area (Å²) in [6, 6.07) is 0. The molecule has 14 heavy (non-hydrogen) atoms. The van der Waals surface area contributed by atoms with Crippen molar-refractivity contribution in [3.63, 3.8) is 0 Å². The minimum Gasteiger partial charge on any atom is -0.330 e. The van der Waals surface area contributed by atoms with Crippen LogP contribution in [0.15, 0.2) is 4.79 Å². The van der Waals surface area contributed by atoms with Crippen LogP contribution in [0, 0.1) is 6.92 Å². The summed E-state index contributed by atoms with van der Waals surface area (Å²) in [6.07, 6.45) is 2.52. The van der Waals surface area contributed by atoms with Crippen LogP contribution in [0.4, 0.5) is 0 Å². The van der Waals surface area contributed by atoms with Crippen molar-refractivity contribution >= 4 is 0 Å². The van der Waals surface area contributed by atoms with Gasteiger partial charge in [-0.3, -0.25) is 0 Å². The third-order valence-corrected chi connectivity index (χ3v) is 2.35. The lowest BCUT2D eigenvalue weighted by molar-refractivity contribution is 0.778. The van der Waals surface area contributed by atoms with Crippen LogP contribution < -0.4 is 11.4 Å². The summed E-state index contributed by atoms with van der Waals surface area (Å²) in [7, 11) is 0. The van der Waals surface area contributed by atoms with Crippen molar-refractivity contribution in [1.29, 1.82) is 0 Å². The molecule has 0 atom stereocenters. The van der Waals surface area contributed by atoms with E-state index < -0.39 is 0 Å². The van der Waals surface area contributed by atoms with E-state index in [1.807, 2.05) is 13.8 Å². The second-order valence-electron chi connectivity index (χ2n) is 3.34. The van der Waals surface area contributed by atoms with E-state index in [-0.39, 0.29) is 5.69 Å². The monoisotopic (exact) mass is 195 g/mol. The molecular weight excluding hydrogens is 178 g/mol. The van der Waals surface area contributed by atoms with E-state index in [4.69, 9.17) is 5.73 Å². The zero-order valence-corrected chi connectivity index (χ0v) is 8.76. The van der Waals surface area contributed by atoms with Gasteiger partial charge in [-0.05, 0) is 38.3 Å². The molecule has 0 radical (unpaired) electrons. The summed E-state index contributed by atoms with van der Waals surface area (Å²) in [4.78, 5) is 17.9. The van der Waals surface area contributed by atoms with Gasteiger partial charge in [0.2, 0.25) is 0 Å². The molecule has 0 spiro atoms. The second kappa shape index (κ2) is 4.91. The van der Waals surface area contributed by atoms with Gasteiger partial charge in [-0.15, -0.1) is 0 Å². The fourth-order valence-electron chi connectivity index (χ4n) is 1.50. The molecule has 0 bridgehead atoms. The maximum atomic E-state index is 11.2. The largest absolute Gasteiger partial charge is 0.345 e. The Bertz CT molecular complexity index is 357. The topological polar surface area (TPSA) is 71.8 Å². The van der Waals surface area contributed by atoms with Crippen molar-refractivity contribution in [2.24, 2.45) is 5.73 Å². The molecular formula is C10H17N3O. The van der Waals surface area contributed by atoms with Crippen LogP contribution in [0.1, 0.15) is 30.3 Å². The first-order valence-electron chi connectivity index (χ1n) is 4.97. The molecule has 0 saturated carbocycles. The first kappa shape index (κ1) is 10.9. The summed E-state index contributed by atoms with van der Waals surface area (Å²) in [6.45, 7) is 4.64. The lowest BCUT2D eigenvalue weighted by Crippen LogP contribution is -2.18. The second-order valence-corrected chi connectivity index (χ2v) is 3.34. The van der Waals surface area contributed by atoms with E-state index in [1.165, 1.54) is 0 Å². The molecule has 0 aliphatic rings. The Kier molecular flexibility index (Phi) is 3.83. The van der Waals surface area contributed by atoms with Gasteiger partial charge in [-0.1, -0.05) is 6.92 Å². The van der Waals surface area contributed by atoms with Crippen molar-refractivity contribution in [2.45, 2.75) is 33.1 Å². The fraction of sp³-hybridized carbons (Fsp3) is 0.600. The quantitative estimate of drug-likeness (QED) is 0.736. The summed E-state index contributed by atoms with van der Waals surface area (Å²) >= 11 is 0. The molecule has 0 saturated heterocycles. The van der Waals surface area contributed by atoms with Gasteiger partial charge in [0.1, 0.15) is 0 Å². The van der Waals surface area contributed by atoms with Crippen LogP contribution in [0.25, 0.3) is 0 Å². The van der Waals surface area contributed by atoms with E-state index in [9.17, 15) is 4.79 Å². The molecule has 0 aliphatic carbocycles. The minimum atomic E-state index is -0.250. The molecule has 0 aromatic carbocycles. The van der Waals surface area contributed by atoms with E-state index in [2.05, 4.69) is 9.97 Å². The van der Waals surface area contributed by atoms with Crippen molar-refractivity contribution in [1.82, 2.24) is 9.97 Å². The lowest BCUT2D eigenvalue weighted by atomic mass is 10.1. The average Bonchev–Trinajstić information content (AvgIpc) is 2.18. The molecule has 0 fully saturated rings. The fourth-order valence-corrected chi connectivity index (χ4v) is 1.50. The zero-order chi connectivity index (χ0) is 10.6. The predicted octanol–water partition coefficient (Wildman–Crippen LogP) is 0.532. The Hall–Kier alpha value is -1.16. The standard InChI is InChI=1S/C10H17N3O/c1-3-8-7(2)9(5-4-6-11)13-10(14)12-8/h3-6,11H2,1-2H3,(H,12,13,14). The molecule has 1 aromatic rings. The average molecular weight is 195 g/mol. The van der Waals surface area contributed by atoms with Gasteiger partial charge in [0.15, 0.2) is 0 Å². The lowest BCUT2D eigenvalue weighted by Gasteiger charge is -2.07. The number of aromatic nitrogens is 2. The number of rotatable bonds is 4. The number of hydrogen-bond acceptors (Lipinski definition) is 3. The normalized spacial score (nSPS) is 10.5. The Balaban J connectivity index is 3.03. The van der Waals surface area contributed by atoms with Crippen LogP contribution in [0.3, 0.4) is 0 Å². The van der Waals surface area contributed by atoms with Gasteiger partial charge in [0.05, 0.1) is 5.69 Å².